The maximum absolute atomic E-state index is 11.0. The second-order valence-electron chi connectivity index (χ2n) is 2.66. The van der Waals surface area contributed by atoms with Gasteiger partial charge in [0.1, 0.15) is 6.04 Å². The van der Waals surface area contributed by atoms with Gasteiger partial charge < -0.3 is 9.64 Å². The summed E-state index contributed by atoms with van der Waals surface area (Å²) in [7, 11) is 3.04. The highest BCUT2D eigenvalue weighted by Crippen LogP contribution is 2.20. The van der Waals surface area contributed by atoms with E-state index in [9.17, 15) is 9.59 Å². The molecular weight excluding hydrogens is 146 g/mol. The first kappa shape index (κ1) is 8.20. The molecule has 62 valence electrons. The van der Waals surface area contributed by atoms with Crippen LogP contribution in [0.2, 0.25) is 0 Å². The number of likely N-dealkylation sites (N-methyl/N-ethyl adjacent to an activating group) is 1. The number of carbonyl (C=O) groups is 2. The standard InChI is InChI=1S/C7H11NO3/c1-4(9)5-6(11-3)7(10)8(5)2/h5-6H,1-3H3. The summed E-state index contributed by atoms with van der Waals surface area (Å²) in [5.41, 5.74) is 0. The number of carbonyl (C=O) groups excluding carboxylic acids is 2. The van der Waals surface area contributed by atoms with Crippen LogP contribution in [0.15, 0.2) is 0 Å². The number of amides is 1. The van der Waals surface area contributed by atoms with Crippen molar-refractivity contribution in [3.63, 3.8) is 0 Å². The van der Waals surface area contributed by atoms with Crippen LogP contribution in [0, 0.1) is 0 Å². The molecule has 4 heteroatoms. The lowest BCUT2D eigenvalue weighted by Crippen LogP contribution is -2.66. The first-order valence-corrected chi connectivity index (χ1v) is 3.39. The number of ketones is 1. The smallest absolute Gasteiger partial charge is 0.254 e. The van der Waals surface area contributed by atoms with Crippen LogP contribution >= 0.6 is 0 Å². The van der Waals surface area contributed by atoms with Crippen LogP contribution in [0.5, 0.6) is 0 Å². The fraction of sp³-hybridized carbons (Fsp3) is 0.714. The maximum atomic E-state index is 11.0. The topological polar surface area (TPSA) is 46.6 Å². The van der Waals surface area contributed by atoms with Gasteiger partial charge in [-0.1, -0.05) is 0 Å². The van der Waals surface area contributed by atoms with E-state index in [1.807, 2.05) is 0 Å². The van der Waals surface area contributed by atoms with E-state index in [1.165, 1.54) is 18.9 Å². The molecule has 1 aliphatic heterocycles. The summed E-state index contributed by atoms with van der Waals surface area (Å²) in [4.78, 5) is 23.2. The van der Waals surface area contributed by atoms with Crippen LogP contribution in [0.4, 0.5) is 0 Å². The Morgan fingerprint density at radius 2 is 2.18 bits per heavy atom. The van der Waals surface area contributed by atoms with Crippen molar-refractivity contribution in [2.24, 2.45) is 0 Å². The molecule has 0 radical (unpaired) electrons. The number of hydrogen-bond donors (Lipinski definition) is 0. The van der Waals surface area contributed by atoms with Gasteiger partial charge >= 0.3 is 0 Å². The van der Waals surface area contributed by atoms with Gasteiger partial charge in [-0.25, -0.2) is 0 Å². The molecule has 1 saturated heterocycles. The minimum absolute atomic E-state index is 0.0287. The molecular formula is C7H11NO3. The summed E-state index contributed by atoms with van der Waals surface area (Å²) in [6, 6.07) is -0.368. The van der Waals surface area contributed by atoms with Gasteiger partial charge in [0, 0.05) is 14.2 Å². The van der Waals surface area contributed by atoms with Crippen LogP contribution in [0.25, 0.3) is 0 Å². The first-order valence-electron chi connectivity index (χ1n) is 3.39. The van der Waals surface area contributed by atoms with E-state index in [-0.39, 0.29) is 17.7 Å². The first-order chi connectivity index (χ1) is 5.09. The van der Waals surface area contributed by atoms with E-state index in [0.717, 1.165) is 0 Å². The highest BCUT2D eigenvalue weighted by Gasteiger charge is 2.47. The molecule has 1 fully saturated rings. The fourth-order valence-corrected chi connectivity index (χ4v) is 1.31. The lowest BCUT2D eigenvalue weighted by atomic mass is 9.96. The Morgan fingerprint density at radius 3 is 2.45 bits per heavy atom. The van der Waals surface area contributed by atoms with E-state index in [2.05, 4.69) is 0 Å². The lowest BCUT2D eigenvalue weighted by molar-refractivity contribution is -0.171. The minimum atomic E-state index is -0.544. The molecule has 1 rings (SSSR count). The maximum Gasteiger partial charge on any atom is 0.254 e. The van der Waals surface area contributed by atoms with E-state index in [0.29, 0.717) is 0 Å². The van der Waals surface area contributed by atoms with Gasteiger partial charge in [0.15, 0.2) is 11.9 Å². The largest absolute Gasteiger partial charge is 0.369 e. The molecule has 0 bridgehead atoms. The van der Waals surface area contributed by atoms with Crippen LogP contribution in [0.1, 0.15) is 6.92 Å². The second-order valence-corrected chi connectivity index (χ2v) is 2.66. The van der Waals surface area contributed by atoms with Crippen molar-refractivity contribution in [3.05, 3.63) is 0 Å². The second kappa shape index (κ2) is 2.62. The Morgan fingerprint density at radius 1 is 1.64 bits per heavy atom. The Labute approximate surface area is 65.1 Å². The number of nitrogens with zero attached hydrogens (tertiary/aromatic N) is 1. The number of methoxy groups -OCH3 is 1. The fourth-order valence-electron chi connectivity index (χ4n) is 1.31. The van der Waals surface area contributed by atoms with Crippen molar-refractivity contribution in [3.8, 4) is 0 Å². The molecule has 0 spiro atoms. The zero-order chi connectivity index (χ0) is 8.59. The van der Waals surface area contributed by atoms with Crippen molar-refractivity contribution in [1.29, 1.82) is 0 Å². The number of ether oxygens (including phenoxy) is 1. The van der Waals surface area contributed by atoms with Gasteiger partial charge in [-0.2, -0.15) is 0 Å². The van der Waals surface area contributed by atoms with E-state index in [4.69, 9.17) is 4.74 Å². The van der Waals surface area contributed by atoms with Crippen molar-refractivity contribution < 1.29 is 14.3 Å². The summed E-state index contributed by atoms with van der Waals surface area (Å²) in [6.07, 6.45) is -0.544. The molecule has 4 nitrogen and oxygen atoms in total. The SMILES string of the molecule is COC1C(=O)N(C)C1C(C)=O. The Balaban J connectivity index is 2.67. The van der Waals surface area contributed by atoms with Crippen molar-refractivity contribution in [2.75, 3.05) is 14.2 Å². The van der Waals surface area contributed by atoms with E-state index in [1.54, 1.807) is 7.05 Å². The van der Waals surface area contributed by atoms with Gasteiger partial charge in [0.2, 0.25) is 0 Å². The predicted octanol–water partition coefficient (Wildman–Crippen LogP) is -0.569. The summed E-state index contributed by atoms with van der Waals surface area (Å²) in [6.45, 7) is 1.46. The zero-order valence-corrected chi connectivity index (χ0v) is 6.83. The highest BCUT2D eigenvalue weighted by molar-refractivity contribution is 6.00. The normalized spacial score (nSPS) is 30.1. The minimum Gasteiger partial charge on any atom is -0.369 e. The highest BCUT2D eigenvalue weighted by atomic mass is 16.5. The number of hydrogen-bond acceptors (Lipinski definition) is 3. The van der Waals surface area contributed by atoms with Crippen molar-refractivity contribution in [2.45, 2.75) is 19.1 Å². The van der Waals surface area contributed by atoms with Crippen LogP contribution in [-0.4, -0.2) is 42.9 Å². The van der Waals surface area contributed by atoms with Crippen LogP contribution < -0.4 is 0 Å². The molecule has 11 heavy (non-hydrogen) atoms. The van der Waals surface area contributed by atoms with Gasteiger partial charge in [-0.3, -0.25) is 9.59 Å². The molecule has 0 saturated carbocycles. The third-order valence-corrected chi connectivity index (χ3v) is 1.97. The Bertz CT molecular complexity index is 202. The van der Waals surface area contributed by atoms with Gasteiger partial charge in [-0.15, -0.1) is 0 Å². The van der Waals surface area contributed by atoms with Crippen LogP contribution in [0.3, 0.4) is 0 Å². The molecule has 0 aliphatic carbocycles. The molecule has 0 aromatic heterocycles. The van der Waals surface area contributed by atoms with Gasteiger partial charge in [-0.05, 0) is 6.92 Å². The predicted molar refractivity (Wildman–Crippen MR) is 38.0 cm³/mol. The Hall–Kier alpha value is -0.900. The molecule has 0 aromatic carbocycles. The van der Waals surface area contributed by atoms with E-state index < -0.39 is 6.10 Å². The molecule has 0 N–H and O–H groups in total. The van der Waals surface area contributed by atoms with Gasteiger partial charge in [0.25, 0.3) is 5.91 Å². The molecule has 1 aliphatic rings. The zero-order valence-electron chi connectivity index (χ0n) is 6.83. The third kappa shape index (κ3) is 1.03. The average Bonchev–Trinajstić information content (AvgIpc) is 1.96. The average molecular weight is 157 g/mol. The number of β-lactam (4-membered cyclic amide) rings is 1. The van der Waals surface area contributed by atoms with Crippen LogP contribution in [-0.2, 0) is 14.3 Å². The summed E-state index contributed by atoms with van der Waals surface area (Å²) in [5, 5.41) is 0. The number of rotatable bonds is 2. The number of Topliss-reactive ketones (excluding diaryl/α,β-unsaturated/α-hetero) is 1. The number of likely N-dealkylation sites (tertiary alicyclic amines) is 1. The molecule has 0 aromatic rings. The Kier molecular flexibility index (Phi) is 1.95. The lowest BCUT2D eigenvalue weighted by Gasteiger charge is -2.42. The monoisotopic (exact) mass is 157 g/mol. The molecule has 2 atom stereocenters. The molecule has 1 amide bonds. The summed E-state index contributed by atoms with van der Waals surface area (Å²) in [5.74, 6) is -0.147. The van der Waals surface area contributed by atoms with Gasteiger partial charge in [0.05, 0.1) is 0 Å². The summed E-state index contributed by atoms with van der Waals surface area (Å²) >= 11 is 0. The molecule has 2 unspecified atom stereocenters. The van der Waals surface area contributed by atoms with Crippen molar-refractivity contribution >= 4 is 11.7 Å². The van der Waals surface area contributed by atoms with Crippen molar-refractivity contribution in [1.82, 2.24) is 4.90 Å². The molecule has 1 heterocycles. The summed E-state index contributed by atoms with van der Waals surface area (Å²) < 4.78 is 4.83. The quantitative estimate of drug-likeness (QED) is 0.504. The van der Waals surface area contributed by atoms with E-state index >= 15 is 0 Å². The third-order valence-electron chi connectivity index (χ3n) is 1.97.